The Bertz CT molecular complexity index is 1330. The van der Waals surface area contributed by atoms with E-state index in [1.807, 2.05) is 60.8 Å². The molecule has 0 bridgehead atoms. The Morgan fingerprint density at radius 1 is 0.964 bits per heavy atom. The Morgan fingerprint density at radius 2 is 1.71 bits per heavy atom. The molecule has 5 aromatic rings. The lowest BCUT2D eigenvalue weighted by Gasteiger charge is -2.03. The summed E-state index contributed by atoms with van der Waals surface area (Å²) in [4.78, 5) is 17.3. The van der Waals surface area contributed by atoms with E-state index in [2.05, 4.69) is 28.5 Å². The van der Waals surface area contributed by atoms with Crippen LogP contribution in [-0.2, 0) is 0 Å². The fourth-order valence-corrected chi connectivity index (χ4v) is 4.15. The number of carbonyl (C=O) groups is 1. The number of benzene rings is 3. The number of amides is 1. The van der Waals surface area contributed by atoms with Crippen molar-refractivity contribution in [1.29, 1.82) is 0 Å². The summed E-state index contributed by atoms with van der Waals surface area (Å²) in [7, 11) is 0. The molecule has 28 heavy (non-hydrogen) atoms. The molecule has 4 nitrogen and oxygen atoms in total. The zero-order valence-corrected chi connectivity index (χ0v) is 15.9. The summed E-state index contributed by atoms with van der Waals surface area (Å²) in [5.74, 6) is 0.0376. The third-order valence-corrected chi connectivity index (χ3v) is 5.60. The van der Waals surface area contributed by atoms with Gasteiger partial charge in [0.25, 0.3) is 5.91 Å². The van der Waals surface area contributed by atoms with Crippen LogP contribution in [0.5, 0.6) is 0 Å². The fraction of sp³-hybridized carbons (Fsp3) is 0.0435. The summed E-state index contributed by atoms with van der Waals surface area (Å²) in [6.07, 6.45) is 0. The van der Waals surface area contributed by atoms with Crippen molar-refractivity contribution < 1.29 is 9.21 Å². The van der Waals surface area contributed by atoms with Gasteiger partial charge in [0.2, 0.25) is 0 Å². The van der Waals surface area contributed by atoms with Crippen LogP contribution in [0.15, 0.2) is 76.5 Å². The van der Waals surface area contributed by atoms with Gasteiger partial charge in [0.15, 0.2) is 10.9 Å². The summed E-state index contributed by atoms with van der Waals surface area (Å²) in [5, 5.41) is 8.63. The van der Waals surface area contributed by atoms with E-state index in [0.717, 1.165) is 33.0 Å². The van der Waals surface area contributed by atoms with Gasteiger partial charge in [0, 0.05) is 21.9 Å². The molecule has 0 atom stereocenters. The van der Waals surface area contributed by atoms with Gasteiger partial charge in [-0.2, -0.15) is 0 Å². The van der Waals surface area contributed by atoms with Gasteiger partial charge in [0.05, 0.1) is 5.69 Å². The minimum absolute atomic E-state index is 0.285. The number of carbonyl (C=O) groups excluding carboxylic acids is 1. The molecule has 2 heterocycles. The smallest absolute Gasteiger partial charge is 0.293 e. The summed E-state index contributed by atoms with van der Waals surface area (Å²) >= 11 is 1.40. The van der Waals surface area contributed by atoms with Gasteiger partial charge >= 0.3 is 0 Å². The van der Waals surface area contributed by atoms with Crippen LogP contribution in [0.3, 0.4) is 0 Å². The Hall–Kier alpha value is -3.44. The number of nitrogens with one attached hydrogen (secondary N) is 1. The largest absolute Gasteiger partial charge is 0.451 e. The van der Waals surface area contributed by atoms with E-state index in [4.69, 9.17) is 4.42 Å². The maximum atomic E-state index is 12.7. The average molecular weight is 384 g/mol. The van der Waals surface area contributed by atoms with Gasteiger partial charge in [-0.15, -0.1) is 11.3 Å². The highest BCUT2D eigenvalue weighted by molar-refractivity contribution is 7.14. The maximum absolute atomic E-state index is 12.7. The SMILES string of the molecule is Cc1c(C(=O)Nc2nc(-c3cccc4ccccc34)cs2)oc2ccccc12. The number of aromatic nitrogens is 1. The molecule has 5 rings (SSSR count). The second kappa shape index (κ2) is 6.62. The van der Waals surface area contributed by atoms with Crippen molar-refractivity contribution in [2.45, 2.75) is 6.92 Å². The van der Waals surface area contributed by atoms with Crippen LogP contribution in [0.4, 0.5) is 5.13 Å². The first-order valence-corrected chi connectivity index (χ1v) is 9.82. The molecular weight excluding hydrogens is 368 g/mol. The molecule has 136 valence electrons. The number of fused-ring (bicyclic) bond motifs is 2. The molecule has 0 saturated carbocycles. The van der Waals surface area contributed by atoms with Gasteiger partial charge in [-0.05, 0) is 23.8 Å². The van der Waals surface area contributed by atoms with Crippen LogP contribution in [0, 0.1) is 6.92 Å². The number of thiazole rings is 1. The van der Waals surface area contributed by atoms with Gasteiger partial charge in [-0.1, -0.05) is 60.7 Å². The van der Waals surface area contributed by atoms with E-state index in [9.17, 15) is 4.79 Å². The van der Waals surface area contributed by atoms with Crippen molar-refractivity contribution in [2.24, 2.45) is 0 Å². The lowest BCUT2D eigenvalue weighted by atomic mass is 10.0. The first-order valence-electron chi connectivity index (χ1n) is 8.94. The Labute approximate surface area is 165 Å². The van der Waals surface area contributed by atoms with Crippen molar-refractivity contribution in [3.63, 3.8) is 0 Å². The molecule has 0 aliphatic carbocycles. The summed E-state index contributed by atoms with van der Waals surface area (Å²) in [6, 6.07) is 22.0. The Balaban J connectivity index is 1.46. The second-order valence-corrected chi connectivity index (χ2v) is 7.43. The molecule has 0 spiro atoms. The zero-order chi connectivity index (χ0) is 19.1. The standard InChI is InChI=1S/C23H16N2O2S/c1-14-16-9-4-5-12-20(16)27-21(14)22(26)25-23-24-19(13-28-23)18-11-6-8-15-7-2-3-10-17(15)18/h2-13H,1H3,(H,24,25,26). The average Bonchev–Trinajstić information content (AvgIpc) is 3.32. The predicted molar refractivity (Wildman–Crippen MR) is 114 cm³/mol. The molecule has 0 fully saturated rings. The Morgan fingerprint density at radius 3 is 2.57 bits per heavy atom. The molecule has 0 saturated heterocycles. The zero-order valence-electron chi connectivity index (χ0n) is 15.1. The lowest BCUT2D eigenvalue weighted by Crippen LogP contribution is -2.11. The van der Waals surface area contributed by atoms with Crippen LogP contribution in [0.1, 0.15) is 16.1 Å². The molecule has 5 heteroatoms. The maximum Gasteiger partial charge on any atom is 0.293 e. The third-order valence-electron chi connectivity index (χ3n) is 4.84. The molecule has 0 aliphatic heterocycles. The fourth-order valence-electron chi connectivity index (χ4n) is 3.45. The number of furan rings is 1. The molecule has 0 aliphatic rings. The van der Waals surface area contributed by atoms with Gasteiger partial charge in [-0.25, -0.2) is 4.98 Å². The lowest BCUT2D eigenvalue weighted by molar-refractivity contribution is 0.0998. The number of para-hydroxylation sites is 1. The molecular formula is C23H16N2O2S. The molecule has 2 aromatic heterocycles. The first-order chi connectivity index (χ1) is 13.7. The highest BCUT2D eigenvalue weighted by Gasteiger charge is 2.19. The van der Waals surface area contributed by atoms with Crippen LogP contribution in [0.25, 0.3) is 33.0 Å². The first kappa shape index (κ1) is 16.7. The van der Waals surface area contributed by atoms with Gasteiger partial charge in [0.1, 0.15) is 5.58 Å². The van der Waals surface area contributed by atoms with E-state index < -0.39 is 0 Å². The van der Waals surface area contributed by atoms with E-state index >= 15 is 0 Å². The molecule has 0 radical (unpaired) electrons. The number of anilines is 1. The molecule has 1 amide bonds. The van der Waals surface area contributed by atoms with Crippen LogP contribution in [0.2, 0.25) is 0 Å². The van der Waals surface area contributed by atoms with Gasteiger partial charge in [-0.3, -0.25) is 10.1 Å². The van der Waals surface area contributed by atoms with Crippen LogP contribution >= 0.6 is 11.3 Å². The number of hydrogen-bond donors (Lipinski definition) is 1. The van der Waals surface area contributed by atoms with E-state index in [1.54, 1.807) is 0 Å². The number of aryl methyl sites for hydroxylation is 1. The quantitative estimate of drug-likeness (QED) is 0.399. The number of nitrogens with zero attached hydrogens (tertiary/aromatic N) is 1. The molecule has 3 aromatic carbocycles. The molecule has 0 unspecified atom stereocenters. The summed E-state index contributed by atoms with van der Waals surface area (Å²) in [6.45, 7) is 1.89. The normalized spacial score (nSPS) is 11.2. The van der Waals surface area contributed by atoms with E-state index in [0.29, 0.717) is 16.5 Å². The summed E-state index contributed by atoms with van der Waals surface area (Å²) < 4.78 is 5.75. The second-order valence-electron chi connectivity index (χ2n) is 6.57. The molecule has 1 N–H and O–H groups in total. The summed E-state index contributed by atoms with van der Waals surface area (Å²) in [5.41, 5.74) is 3.44. The minimum atomic E-state index is -0.285. The topological polar surface area (TPSA) is 55.1 Å². The van der Waals surface area contributed by atoms with Crippen molar-refractivity contribution >= 4 is 44.1 Å². The third kappa shape index (κ3) is 2.77. The highest BCUT2D eigenvalue weighted by atomic mass is 32.1. The monoisotopic (exact) mass is 384 g/mol. The number of hydrogen-bond acceptors (Lipinski definition) is 4. The van der Waals surface area contributed by atoms with Crippen molar-refractivity contribution in [2.75, 3.05) is 5.32 Å². The van der Waals surface area contributed by atoms with Crippen molar-refractivity contribution in [3.8, 4) is 11.3 Å². The van der Waals surface area contributed by atoms with Crippen molar-refractivity contribution in [1.82, 2.24) is 4.98 Å². The predicted octanol–water partition coefficient (Wildman–Crippen LogP) is 6.27. The number of rotatable bonds is 3. The van der Waals surface area contributed by atoms with Gasteiger partial charge < -0.3 is 4.42 Å². The highest BCUT2D eigenvalue weighted by Crippen LogP contribution is 2.31. The van der Waals surface area contributed by atoms with Crippen LogP contribution < -0.4 is 5.32 Å². The van der Waals surface area contributed by atoms with E-state index in [-0.39, 0.29) is 5.91 Å². The van der Waals surface area contributed by atoms with Crippen molar-refractivity contribution in [3.05, 3.63) is 83.4 Å². The van der Waals surface area contributed by atoms with E-state index in [1.165, 1.54) is 11.3 Å². The minimum Gasteiger partial charge on any atom is -0.451 e. The van der Waals surface area contributed by atoms with Crippen LogP contribution in [-0.4, -0.2) is 10.9 Å². The Kier molecular flexibility index (Phi) is 3.95.